The highest BCUT2D eigenvalue weighted by Crippen LogP contribution is 2.10. The quantitative estimate of drug-likeness (QED) is 0.395. The van der Waals surface area contributed by atoms with Crippen molar-refractivity contribution in [3.8, 4) is 0 Å². The average Bonchev–Trinajstić information content (AvgIpc) is 2.47. The number of fused-ring (bicyclic) bond motifs is 1. The van der Waals surface area contributed by atoms with Gasteiger partial charge in [0.2, 0.25) is 0 Å². The summed E-state index contributed by atoms with van der Waals surface area (Å²) in [5, 5.41) is 0.213. The van der Waals surface area contributed by atoms with Crippen LogP contribution in [0.3, 0.4) is 0 Å². The molecule has 11 heavy (non-hydrogen) atoms. The molecular formula is C6H6N4S. The lowest BCUT2D eigenvalue weighted by Crippen LogP contribution is -1.84. The molecule has 0 radical (unpaired) electrons. The van der Waals surface area contributed by atoms with E-state index >= 15 is 0 Å². The fraction of sp³-hybridized carbons (Fsp3) is 0.167. The molecule has 0 aliphatic heterocycles. The minimum absolute atomic E-state index is 0.213. The Bertz CT molecular complexity index is 452. The summed E-state index contributed by atoms with van der Waals surface area (Å²) in [7, 11) is 0. The second-order valence-electron chi connectivity index (χ2n) is 1.89. The Labute approximate surface area is 71.7 Å². The number of thioether (sulfide) groups is 1. The van der Waals surface area contributed by atoms with Crippen LogP contribution >= 0.6 is 11.8 Å². The molecule has 0 bridgehead atoms. The number of hydrogen-bond donors (Lipinski definition) is 1. The van der Waals surface area contributed by atoms with Gasteiger partial charge in [0.25, 0.3) is 0 Å². The van der Waals surface area contributed by atoms with E-state index in [1.807, 2.05) is 0 Å². The molecule has 0 aromatic carbocycles. The third-order valence-electron chi connectivity index (χ3n) is 1.24. The highest BCUT2D eigenvalue weighted by molar-refractivity contribution is 7.98. The third kappa shape index (κ3) is 1.07. The topological polar surface area (TPSA) is 54.5 Å². The number of nitrogens with zero attached hydrogens (tertiary/aromatic N) is 3. The van der Waals surface area contributed by atoms with E-state index < -0.39 is 6.18 Å². The summed E-state index contributed by atoms with van der Waals surface area (Å²) >= 11 is 0.643. The molecule has 0 unspecified atom stereocenters. The van der Waals surface area contributed by atoms with Crippen LogP contribution in [0.5, 0.6) is 0 Å². The van der Waals surface area contributed by atoms with Crippen molar-refractivity contribution in [2.45, 2.75) is 5.16 Å². The Kier molecular flexibility index (Phi) is 0.923. The summed E-state index contributed by atoms with van der Waals surface area (Å²) < 4.78 is 21.1. The minimum Gasteiger partial charge on any atom is -0.342 e. The summed E-state index contributed by atoms with van der Waals surface area (Å²) in [6.45, 7) is 0. The molecular weight excluding hydrogens is 161 g/mol. The summed E-state index contributed by atoms with van der Waals surface area (Å²) in [6, 6.07) is 0. The van der Waals surface area contributed by atoms with Crippen LogP contribution in [0, 0.1) is 0 Å². The molecule has 0 saturated heterocycles. The van der Waals surface area contributed by atoms with E-state index in [9.17, 15) is 0 Å². The van der Waals surface area contributed by atoms with Gasteiger partial charge in [-0.25, -0.2) is 15.0 Å². The summed E-state index contributed by atoms with van der Waals surface area (Å²) in [5.74, 6) is 0. The zero-order valence-corrected chi connectivity index (χ0v) is 6.22. The number of imidazole rings is 1. The normalized spacial score (nSPS) is 15.8. The van der Waals surface area contributed by atoms with Gasteiger partial charge >= 0.3 is 0 Å². The molecule has 4 nitrogen and oxygen atoms in total. The molecule has 2 aromatic heterocycles. The van der Waals surface area contributed by atoms with Crippen molar-refractivity contribution in [3.63, 3.8) is 0 Å². The Hall–Kier alpha value is -1.10. The molecule has 0 atom stereocenters. The second-order valence-corrected chi connectivity index (χ2v) is 2.46. The van der Waals surface area contributed by atoms with Crippen molar-refractivity contribution < 1.29 is 4.11 Å². The number of nitrogens with one attached hydrogen (secondary N) is 1. The van der Waals surface area contributed by atoms with Crippen LogP contribution in [0.25, 0.3) is 11.2 Å². The van der Waals surface area contributed by atoms with Gasteiger partial charge < -0.3 is 4.98 Å². The lowest BCUT2D eigenvalue weighted by atomic mass is 10.6. The largest absolute Gasteiger partial charge is 0.342 e. The lowest BCUT2D eigenvalue weighted by Gasteiger charge is -1.91. The van der Waals surface area contributed by atoms with Crippen LogP contribution in [-0.4, -0.2) is 26.1 Å². The average molecular weight is 170 g/mol. The first-order valence-corrected chi connectivity index (χ1v) is 3.71. The van der Waals surface area contributed by atoms with Gasteiger partial charge in [0.05, 0.1) is 12.5 Å². The van der Waals surface area contributed by atoms with Gasteiger partial charge in [0, 0.05) is 4.11 Å². The Balaban J connectivity index is 2.35. The third-order valence-corrected chi connectivity index (χ3v) is 1.62. The van der Waals surface area contributed by atoms with Gasteiger partial charge in [-0.3, -0.25) is 0 Å². The van der Waals surface area contributed by atoms with Gasteiger partial charge in [0.15, 0.2) is 10.8 Å². The van der Waals surface area contributed by atoms with E-state index in [0.29, 0.717) is 22.9 Å². The molecule has 0 aliphatic rings. The first kappa shape index (κ1) is 4.06. The van der Waals surface area contributed by atoms with E-state index in [1.54, 1.807) is 0 Å². The van der Waals surface area contributed by atoms with Gasteiger partial charge in [-0.05, 0) is 6.18 Å². The number of rotatable bonds is 1. The maximum absolute atomic E-state index is 7.03. The molecule has 2 aromatic rings. The van der Waals surface area contributed by atoms with Crippen molar-refractivity contribution in [1.82, 2.24) is 19.9 Å². The first-order chi connectivity index (χ1) is 6.54. The summed E-state index contributed by atoms with van der Waals surface area (Å²) in [5.41, 5.74) is 1.17. The molecule has 0 fully saturated rings. The minimum atomic E-state index is -2.12. The lowest BCUT2D eigenvalue weighted by molar-refractivity contribution is 0.997. The van der Waals surface area contributed by atoms with Crippen LogP contribution in [0.15, 0.2) is 17.7 Å². The molecule has 0 saturated carbocycles. The van der Waals surface area contributed by atoms with Crippen molar-refractivity contribution in [1.29, 1.82) is 0 Å². The smallest absolute Gasteiger partial charge is 0.189 e. The number of aromatic amines is 1. The predicted octanol–water partition coefficient (Wildman–Crippen LogP) is 1.07. The van der Waals surface area contributed by atoms with Crippen molar-refractivity contribution in [2.75, 3.05) is 6.18 Å². The summed E-state index contributed by atoms with van der Waals surface area (Å²) in [6.07, 6.45) is 0.885. The summed E-state index contributed by atoms with van der Waals surface area (Å²) in [4.78, 5) is 14.6. The highest BCUT2D eigenvalue weighted by atomic mass is 32.2. The fourth-order valence-corrected chi connectivity index (χ4v) is 1.01. The molecule has 0 aliphatic carbocycles. The van der Waals surface area contributed by atoms with Crippen LogP contribution in [-0.2, 0) is 0 Å². The molecule has 2 rings (SSSR count). The van der Waals surface area contributed by atoms with E-state index in [2.05, 4.69) is 19.9 Å². The highest BCUT2D eigenvalue weighted by Gasteiger charge is 1.98. The predicted molar refractivity (Wildman–Crippen MR) is 43.5 cm³/mol. The van der Waals surface area contributed by atoms with Crippen molar-refractivity contribution in [3.05, 3.63) is 12.5 Å². The molecule has 0 amide bonds. The van der Waals surface area contributed by atoms with Gasteiger partial charge in [-0.1, -0.05) is 11.8 Å². The molecule has 0 spiro atoms. The van der Waals surface area contributed by atoms with Gasteiger partial charge in [0.1, 0.15) is 5.52 Å². The Morgan fingerprint density at radius 2 is 2.64 bits per heavy atom. The van der Waals surface area contributed by atoms with Crippen LogP contribution < -0.4 is 0 Å². The van der Waals surface area contributed by atoms with E-state index in [-0.39, 0.29) is 5.16 Å². The molecule has 2 heterocycles. The van der Waals surface area contributed by atoms with E-state index in [4.69, 9.17) is 4.11 Å². The molecule has 1 N–H and O–H groups in total. The zero-order valence-electron chi connectivity index (χ0n) is 8.40. The first-order valence-electron chi connectivity index (χ1n) is 4.40. The maximum atomic E-state index is 7.03. The van der Waals surface area contributed by atoms with Crippen LogP contribution in [0.4, 0.5) is 0 Å². The monoisotopic (exact) mass is 170 g/mol. The number of hydrogen-bond acceptors (Lipinski definition) is 4. The second kappa shape index (κ2) is 2.50. The van der Waals surface area contributed by atoms with Crippen LogP contribution in [0.1, 0.15) is 4.11 Å². The zero-order chi connectivity index (χ0) is 10.2. The van der Waals surface area contributed by atoms with Gasteiger partial charge in [-0.15, -0.1) is 0 Å². The molecule has 56 valence electrons. The van der Waals surface area contributed by atoms with E-state index in [1.165, 1.54) is 12.5 Å². The Morgan fingerprint density at radius 1 is 1.64 bits per heavy atom. The number of H-pyrrole nitrogens is 1. The van der Waals surface area contributed by atoms with E-state index in [0.717, 1.165) is 0 Å². The standard InChI is InChI=1S/C6H6N4S/c1-11-6-7-2-4-5(10-6)9-3-8-4/h2-3H,1H3,(H,7,8,9,10)/i1+1D3. The van der Waals surface area contributed by atoms with Crippen LogP contribution in [0.2, 0.25) is 0 Å². The van der Waals surface area contributed by atoms with Crippen molar-refractivity contribution in [2.24, 2.45) is 0 Å². The fourth-order valence-electron chi connectivity index (χ4n) is 0.770. The SMILES string of the molecule is [2H][13C]([2H])([2H])Sc1ncc2[nH]cnc2n1. The molecule has 5 heteroatoms. The van der Waals surface area contributed by atoms with Gasteiger partial charge in [-0.2, -0.15) is 0 Å². The number of aromatic nitrogens is 4. The maximum Gasteiger partial charge on any atom is 0.189 e. The van der Waals surface area contributed by atoms with Crippen molar-refractivity contribution >= 4 is 22.9 Å². The Morgan fingerprint density at radius 3 is 3.55 bits per heavy atom.